The lowest BCUT2D eigenvalue weighted by Gasteiger charge is -2.26. The Hall–Kier alpha value is -1.10. The van der Waals surface area contributed by atoms with Gasteiger partial charge >= 0.3 is 0 Å². The molecule has 0 aromatic rings. The first kappa shape index (κ1) is 14.3. The van der Waals surface area contributed by atoms with Crippen molar-refractivity contribution in [3.63, 3.8) is 0 Å². The lowest BCUT2D eigenvalue weighted by Crippen LogP contribution is -2.40. The van der Waals surface area contributed by atoms with Gasteiger partial charge in [0.05, 0.1) is 19.0 Å². The van der Waals surface area contributed by atoms with E-state index >= 15 is 0 Å². The third-order valence-corrected chi connectivity index (χ3v) is 4.01. The van der Waals surface area contributed by atoms with Crippen molar-refractivity contribution in [1.29, 1.82) is 0 Å². The smallest absolute Gasteiger partial charge is 0.224 e. The van der Waals surface area contributed by atoms with E-state index in [4.69, 9.17) is 10.5 Å². The minimum absolute atomic E-state index is 0.170. The second-order valence-corrected chi connectivity index (χ2v) is 5.38. The number of aliphatic imine (C=N–C) groups is 1. The summed E-state index contributed by atoms with van der Waals surface area (Å²) in [4.78, 5) is 18.2. The Bertz CT molecular complexity index is 319. The number of hydrogen-bond acceptors (Lipinski definition) is 3. The van der Waals surface area contributed by atoms with Gasteiger partial charge in [-0.15, -0.1) is 0 Å². The summed E-state index contributed by atoms with van der Waals surface area (Å²) in [5.41, 5.74) is 6.02. The molecule has 2 rings (SSSR count). The number of nitrogens with two attached hydrogens (primary N) is 1. The Labute approximate surface area is 115 Å². The molecule has 1 saturated heterocycles. The van der Waals surface area contributed by atoms with Crippen LogP contribution in [0.5, 0.6) is 0 Å². The maximum absolute atomic E-state index is 11.9. The molecule has 2 aliphatic rings. The number of carbonyl (C=O) groups is 1. The van der Waals surface area contributed by atoms with E-state index < -0.39 is 0 Å². The van der Waals surface area contributed by atoms with Crippen LogP contribution in [0.4, 0.5) is 0 Å². The van der Waals surface area contributed by atoms with Gasteiger partial charge in [0.15, 0.2) is 0 Å². The molecule has 0 unspecified atom stereocenters. The van der Waals surface area contributed by atoms with Crippen LogP contribution >= 0.6 is 0 Å². The van der Waals surface area contributed by atoms with Gasteiger partial charge in [-0.2, -0.15) is 0 Å². The van der Waals surface area contributed by atoms with Crippen molar-refractivity contribution < 1.29 is 9.53 Å². The van der Waals surface area contributed by atoms with Crippen LogP contribution in [0.3, 0.4) is 0 Å². The second kappa shape index (κ2) is 7.48. The van der Waals surface area contributed by atoms with Crippen LogP contribution in [-0.2, 0) is 9.53 Å². The molecule has 2 N–H and O–H groups in total. The first-order valence-electron chi connectivity index (χ1n) is 7.42. The van der Waals surface area contributed by atoms with Crippen LogP contribution < -0.4 is 5.73 Å². The van der Waals surface area contributed by atoms with Crippen molar-refractivity contribution in [2.75, 3.05) is 32.8 Å². The number of hydrogen-bond donors (Lipinski definition) is 1. The van der Waals surface area contributed by atoms with Crippen LogP contribution in [0.15, 0.2) is 4.99 Å². The van der Waals surface area contributed by atoms with Crippen LogP contribution in [-0.4, -0.2) is 49.5 Å². The Morgan fingerprint density at radius 3 is 2.58 bits per heavy atom. The largest absolute Gasteiger partial charge is 0.387 e. The van der Waals surface area contributed by atoms with E-state index in [1.165, 1.54) is 19.3 Å². The average molecular weight is 267 g/mol. The quantitative estimate of drug-likeness (QED) is 0.614. The van der Waals surface area contributed by atoms with Crippen molar-refractivity contribution in [3.8, 4) is 0 Å². The lowest BCUT2D eigenvalue weighted by molar-refractivity contribution is -0.135. The summed E-state index contributed by atoms with van der Waals surface area (Å²) < 4.78 is 5.23. The van der Waals surface area contributed by atoms with E-state index in [0.29, 0.717) is 45.2 Å². The summed E-state index contributed by atoms with van der Waals surface area (Å²) in [6.07, 6.45) is 6.62. The van der Waals surface area contributed by atoms with Gasteiger partial charge in [0.25, 0.3) is 0 Å². The third kappa shape index (κ3) is 4.49. The lowest BCUT2D eigenvalue weighted by atomic mass is 9.88. The van der Waals surface area contributed by atoms with E-state index in [1.807, 2.05) is 4.90 Å². The SMILES string of the molecule is NC(=NCCC(=O)N1CCOCC1)C1CCCCC1. The zero-order valence-electron chi connectivity index (χ0n) is 11.6. The molecule has 1 aliphatic heterocycles. The summed E-state index contributed by atoms with van der Waals surface area (Å²) in [7, 11) is 0. The average Bonchev–Trinajstić information content (AvgIpc) is 2.49. The molecule has 19 heavy (non-hydrogen) atoms. The zero-order valence-corrected chi connectivity index (χ0v) is 11.6. The van der Waals surface area contributed by atoms with Gasteiger partial charge < -0.3 is 15.4 Å². The molecule has 0 atom stereocenters. The van der Waals surface area contributed by atoms with Crippen LogP contribution in [0.2, 0.25) is 0 Å². The number of rotatable bonds is 4. The molecule has 5 heteroatoms. The summed E-state index contributed by atoms with van der Waals surface area (Å²) in [5, 5.41) is 0. The number of morpholine rings is 1. The highest BCUT2D eigenvalue weighted by atomic mass is 16.5. The van der Waals surface area contributed by atoms with Gasteiger partial charge in [-0.1, -0.05) is 19.3 Å². The van der Waals surface area contributed by atoms with E-state index in [-0.39, 0.29) is 5.91 Å². The molecular formula is C14H25N3O2. The van der Waals surface area contributed by atoms with E-state index in [0.717, 1.165) is 18.7 Å². The maximum Gasteiger partial charge on any atom is 0.224 e. The Morgan fingerprint density at radius 2 is 1.89 bits per heavy atom. The van der Waals surface area contributed by atoms with Crippen molar-refractivity contribution in [2.24, 2.45) is 16.6 Å². The van der Waals surface area contributed by atoms with Crippen molar-refractivity contribution in [1.82, 2.24) is 4.90 Å². The predicted octanol–water partition coefficient (Wildman–Crippen LogP) is 1.17. The topological polar surface area (TPSA) is 67.9 Å². The number of amides is 1. The van der Waals surface area contributed by atoms with Gasteiger partial charge in [-0.25, -0.2) is 0 Å². The molecule has 0 bridgehead atoms. The highest BCUT2D eigenvalue weighted by molar-refractivity contribution is 5.83. The van der Waals surface area contributed by atoms with Gasteiger partial charge in [0.1, 0.15) is 0 Å². The summed E-state index contributed by atoms with van der Waals surface area (Å²) in [6, 6.07) is 0. The molecule has 5 nitrogen and oxygen atoms in total. The predicted molar refractivity (Wildman–Crippen MR) is 75.1 cm³/mol. The number of amidine groups is 1. The fourth-order valence-corrected chi connectivity index (χ4v) is 2.78. The Morgan fingerprint density at radius 1 is 1.21 bits per heavy atom. The van der Waals surface area contributed by atoms with Crippen molar-refractivity contribution in [3.05, 3.63) is 0 Å². The molecular weight excluding hydrogens is 242 g/mol. The van der Waals surface area contributed by atoms with Crippen LogP contribution in [0.1, 0.15) is 38.5 Å². The normalized spacial score (nSPS) is 22.5. The summed E-state index contributed by atoms with van der Waals surface area (Å²) in [5.74, 6) is 1.38. The highest BCUT2D eigenvalue weighted by Crippen LogP contribution is 2.23. The molecule has 2 fully saturated rings. The van der Waals surface area contributed by atoms with E-state index in [2.05, 4.69) is 4.99 Å². The monoisotopic (exact) mass is 267 g/mol. The number of carbonyl (C=O) groups excluding carboxylic acids is 1. The minimum Gasteiger partial charge on any atom is -0.387 e. The van der Waals surface area contributed by atoms with E-state index in [1.54, 1.807) is 0 Å². The number of nitrogens with zero attached hydrogens (tertiary/aromatic N) is 2. The fourth-order valence-electron chi connectivity index (χ4n) is 2.78. The molecule has 1 amide bonds. The first-order chi connectivity index (χ1) is 9.27. The standard InChI is InChI=1S/C14H25N3O2/c15-14(12-4-2-1-3-5-12)16-7-6-13(18)17-8-10-19-11-9-17/h12H,1-11H2,(H2,15,16). The van der Waals surface area contributed by atoms with Crippen molar-refractivity contribution >= 4 is 11.7 Å². The summed E-state index contributed by atoms with van der Waals surface area (Å²) >= 11 is 0. The maximum atomic E-state index is 11.9. The molecule has 1 saturated carbocycles. The van der Waals surface area contributed by atoms with E-state index in [9.17, 15) is 4.79 Å². The molecule has 1 aliphatic carbocycles. The first-order valence-corrected chi connectivity index (χ1v) is 7.42. The molecule has 0 spiro atoms. The third-order valence-electron chi connectivity index (χ3n) is 4.01. The molecule has 0 radical (unpaired) electrons. The highest BCUT2D eigenvalue weighted by Gasteiger charge is 2.18. The Balaban J connectivity index is 1.70. The van der Waals surface area contributed by atoms with Gasteiger partial charge in [0, 0.05) is 32.0 Å². The second-order valence-electron chi connectivity index (χ2n) is 5.38. The molecule has 1 heterocycles. The Kier molecular flexibility index (Phi) is 5.63. The van der Waals surface area contributed by atoms with Gasteiger partial charge in [-0.05, 0) is 12.8 Å². The summed E-state index contributed by atoms with van der Waals surface area (Å²) in [6.45, 7) is 3.25. The van der Waals surface area contributed by atoms with Crippen molar-refractivity contribution in [2.45, 2.75) is 38.5 Å². The molecule has 0 aromatic carbocycles. The zero-order chi connectivity index (χ0) is 13.5. The van der Waals surface area contributed by atoms with Gasteiger partial charge in [0.2, 0.25) is 5.91 Å². The molecule has 108 valence electrons. The van der Waals surface area contributed by atoms with Gasteiger partial charge in [-0.3, -0.25) is 9.79 Å². The number of ether oxygens (including phenoxy) is 1. The molecule has 0 aromatic heterocycles. The van der Waals surface area contributed by atoms with Crippen LogP contribution in [0, 0.1) is 5.92 Å². The fraction of sp³-hybridized carbons (Fsp3) is 0.857. The van der Waals surface area contributed by atoms with Crippen LogP contribution in [0.25, 0.3) is 0 Å². The minimum atomic E-state index is 0.170.